The van der Waals surface area contributed by atoms with Crippen molar-refractivity contribution in [1.29, 1.82) is 0 Å². The molecule has 0 aliphatic rings. The van der Waals surface area contributed by atoms with Crippen LogP contribution in [0.25, 0.3) is 0 Å². The van der Waals surface area contributed by atoms with Crippen LogP contribution in [0.15, 0.2) is 0 Å². The van der Waals surface area contributed by atoms with Crippen LogP contribution in [0.1, 0.15) is 0 Å². The molecule has 0 rings (SSSR count). The third kappa shape index (κ3) is 57.0. The first-order valence-corrected chi connectivity index (χ1v) is 1.10. The molecular formula is CH3NaO2S. The van der Waals surface area contributed by atoms with Gasteiger partial charge in [0.1, 0.15) is 0 Å². The zero-order chi connectivity index (χ0) is 3.58. The van der Waals surface area contributed by atoms with E-state index in [-0.39, 0.29) is 29.6 Å². The number of thiol groups is 1. The summed E-state index contributed by atoms with van der Waals surface area (Å²) in [5.74, 6) is 0. The maximum absolute atomic E-state index is 8.86. The summed E-state index contributed by atoms with van der Waals surface area (Å²) in [7, 11) is 0. The summed E-state index contributed by atoms with van der Waals surface area (Å²) < 4.78 is 0. The van der Waals surface area contributed by atoms with Crippen molar-refractivity contribution >= 4 is 47.5 Å². The van der Waals surface area contributed by atoms with Gasteiger partial charge in [-0.2, -0.15) is 0 Å². The van der Waals surface area contributed by atoms with Gasteiger partial charge in [0.15, 0.2) is 0 Å². The molecule has 0 heterocycles. The molecule has 2 nitrogen and oxygen atoms in total. The third-order valence-corrected chi connectivity index (χ3v) is 0. The van der Waals surface area contributed by atoms with Gasteiger partial charge >= 0.3 is 34.9 Å². The Kier molecular flexibility index (Phi) is 8.93. The van der Waals surface area contributed by atoms with Gasteiger partial charge in [-0.05, 0) is 0 Å². The van der Waals surface area contributed by atoms with Crippen molar-refractivity contribution < 1.29 is 9.90 Å². The summed E-state index contributed by atoms with van der Waals surface area (Å²) >= 11 is 2.88. The topological polar surface area (TPSA) is 37.3 Å². The number of hydrogen-bond donors (Lipinski definition) is 2. The second-order valence-electron chi connectivity index (χ2n) is 0.283. The van der Waals surface area contributed by atoms with Crippen LogP contribution in [0.2, 0.25) is 0 Å². The SMILES string of the molecule is O=C(O)S.[NaH]. The van der Waals surface area contributed by atoms with Crippen molar-refractivity contribution in [3.8, 4) is 0 Å². The molecule has 0 aromatic rings. The van der Waals surface area contributed by atoms with E-state index in [1.54, 1.807) is 0 Å². The van der Waals surface area contributed by atoms with Crippen molar-refractivity contribution in [2.75, 3.05) is 0 Å². The van der Waals surface area contributed by atoms with Crippen LogP contribution in [-0.4, -0.2) is 40.0 Å². The van der Waals surface area contributed by atoms with Gasteiger partial charge in [0.2, 0.25) is 0 Å². The normalized spacial score (nSPS) is 5.00. The molecule has 0 fully saturated rings. The van der Waals surface area contributed by atoms with Crippen LogP contribution in [0.4, 0.5) is 4.79 Å². The number of hydrogen-bond acceptors (Lipinski definition) is 1. The summed E-state index contributed by atoms with van der Waals surface area (Å²) in [6, 6.07) is 0. The second kappa shape index (κ2) is 4.82. The Bertz CT molecular complexity index is 32.6. The summed E-state index contributed by atoms with van der Waals surface area (Å²) in [4.78, 5) is 8.86. The first kappa shape index (κ1) is 9.27. The van der Waals surface area contributed by atoms with E-state index in [1.165, 1.54) is 0 Å². The van der Waals surface area contributed by atoms with Gasteiger partial charge in [0, 0.05) is 0 Å². The third-order valence-electron chi connectivity index (χ3n) is 0. The molecule has 0 amide bonds. The van der Waals surface area contributed by atoms with E-state index in [9.17, 15) is 0 Å². The van der Waals surface area contributed by atoms with Gasteiger partial charge in [0.25, 0.3) is 0 Å². The first-order valence-electron chi connectivity index (χ1n) is 0.651. The standard InChI is InChI=1S/CH2O2S.Na.H/c2-1(3)4;;/h4H,(H,2,3);;. The van der Waals surface area contributed by atoms with Crippen LogP contribution in [0.3, 0.4) is 0 Å². The number of rotatable bonds is 0. The minimum absolute atomic E-state index is 0. The Morgan fingerprint density at radius 3 is 1.80 bits per heavy atom. The molecule has 0 spiro atoms. The fourth-order valence-corrected chi connectivity index (χ4v) is 0. The molecule has 26 valence electrons. The molecule has 0 aliphatic heterocycles. The van der Waals surface area contributed by atoms with Gasteiger partial charge in [-0.25, -0.2) is 4.79 Å². The molecule has 0 bridgehead atoms. The van der Waals surface area contributed by atoms with E-state index in [4.69, 9.17) is 9.90 Å². The summed E-state index contributed by atoms with van der Waals surface area (Å²) in [5.41, 5.74) is 0. The Morgan fingerprint density at radius 2 is 1.80 bits per heavy atom. The Hall–Kier alpha value is 0.820. The Balaban J connectivity index is 0. The van der Waals surface area contributed by atoms with Crippen molar-refractivity contribution in [3.63, 3.8) is 0 Å². The van der Waals surface area contributed by atoms with E-state index in [0.717, 1.165) is 0 Å². The molecule has 5 heavy (non-hydrogen) atoms. The van der Waals surface area contributed by atoms with Crippen LogP contribution in [0.5, 0.6) is 0 Å². The van der Waals surface area contributed by atoms with E-state index < -0.39 is 5.30 Å². The average Bonchev–Trinajstić information content (AvgIpc) is 0.811. The van der Waals surface area contributed by atoms with E-state index >= 15 is 0 Å². The molecule has 0 saturated heterocycles. The van der Waals surface area contributed by atoms with Crippen molar-refractivity contribution in [2.45, 2.75) is 0 Å². The summed E-state index contributed by atoms with van der Waals surface area (Å²) in [6.07, 6.45) is 0. The quantitative estimate of drug-likeness (QED) is 0.332. The van der Waals surface area contributed by atoms with Crippen molar-refractivity contribution in [2.24, 2.45) is 0 Å². The Labute approximate surface area is 57.3 Å². The molecule has 0 unspecified atom stereocenters. The monoisotopic (exact) mass is 102 g/mol. The van der Waals surface area contributed by atoms with Gasteiger partial charge in [-0.3, -0.25) is 0 Å². The van der Waals surface area contributed by atoms with Gasteiger partial charge < -0.3 is 5.11 Å². The fourth-order valence-electron chi connectivity index (χ4n) is 0. The van der Waals surface area contributed by atoms with E-state index in [0.29, 0.717) is 0 Å². The molecule has 0 saturated carbocycles. The first-order chi connectivity index (χ1) is 1.73. The summed E-state index contributed by atoms with van der Waals surface area (Å²) in [5, 5.41) is 6.14. The second-order valence-corrected chi connectivity index (χ2v) is 0.665. The molecule has 0 radical (unpaired) electrons. The maximum atomic E-state index is 8.86. The fraction of sp³-hybridized carbons (Fsp3) is 0. The predicted molar refractivity (Wildman–Crippen MR) is 24.2 cm³/mol. The van der Waals surface area contributed by atoms with Gasteiger partial charge in [-0.15, -0.1) is 0 Å². The average molecular weight is 102 g/mol. The zero-order valence-electron chi connectivity index (χ0n) is 1.80. The van der Waals surface area contributed by atoms with Gasteiger partial charge in [0.05, 0.1) is 0 Å². The van der Waals surface area contributed by atoms with Crippen molar-refractivity contribution in [3.05, 3.63) is 0 Å². The molecule has 0 aromatic heterocycles. The minimum atomic E-state index is -1.14. The van der Waals surface area contributed by atoms with Crippen LogP contribution in [-0.2, 0) is 0 Å². The zero-order valence-corrected chi connectivity index (χ0v) is 2.70. The van der Waals surface area contributed by atoms with Crippen molar-refractivity contribution in [1.82, 2.24) is 0 Å². The summed E-state index contributed by atoms with van der Waals surface area (Å²) in [6.45, 7) is 0. The molecule has 0 aromatic carbocycles. The molecule has 0 atom stereocenters. The molecule has 0 aliphatic carbocycles. The van der Waals surface area contributed by atoms with Crippen LogP contribution in [0, 0.1) is 0 Å². The van der Waals surface area contributed by atoms with E-state index in [2.05, 4.69) is 12.6 Å². The molecule has 4 heteroatoms. The number of carboxylic acid groups (broad SMARTS) is 1. The van der Waals surface area contributed by atoms with Gasteiger partial charge in [-0.1, -0.05) is 12.6 Å². The molecule has 1 N–H and O–H groups in total. The molecular weight excluding hydrogens is 99.1 g/mol. The van der Waals surface area contributed by atoms with Crippen LogP contribution < -0.4 is 0 Å². The predicted octanol–water partition coefficient (Wildman–Crippen LogP) is -0.0543. The van der Waals surface area contributed by atoms with E-state index in [1.807, 2.05) is 0 Å². The van der Waals surface area contributed by atoms with Crippen LogP contribution >= 0.6 is 12.6 Å². The Morgan fingerprint density at radius 1 is 1.80 bits per heavy atom. The number of carbonyl (C=O) groups is 1.